The molecule has 0 bridgehead atoms. The molecule has 1 saturated carbocycles. The minimum absolute atomic E-state index is 0.0896. The van der Waals surface area contributed by atoms with Gasteiger partial charge in [-0.05, 0) is 30.9 Å². The molecular weight excluding hydrogens is 388 g/mol. The molecular formula is C21H28N4O5. The molecule has 0 saturated heterocycles. The Labute approximate surface area is 175 Å². The number of amides is 3. The fourth-order valence-electron chi connectivity index (χ4n) is 3.63. The fourth-order valence-corrected chi connectivity index (χ4v) is 3.63. The predicted molar refractivity (Wildman–Crippen MR) is 112 cm³/mol. The van der Waals surface area contributed by atoms with E-state index in [0.29, 0.717) is 35.5 Å². The molecule has 0 radical (unpaired) electrons. The Kier molecular flexibility index (Phi) is 7.53. The third kappa shape index (κ3) is 5.88. The summed E-state index contributed by atoms with van der Waals surface area (Å²) in [7, 11) is 3.09. The van der Waals surface area contributed by atoms with Crippen molar-refractivity contribution in [2.75, 3.05) is 37.9 Å². The maximum Gasteiger partial charge on any atom is 0.322 e. The third-order valence-corrected chi connectivity index (χ3v) is 5.18. The molecule has 0 aliphatic heterocycles. The standard InChI is InChI=1S/C21H28N4O5/c1-28-16-8-9-17(18(12-16)29-2)22-21(27)25(13-15-6-4-3-5-7-15)14-20(26)23-19-10-11-30-24-19/h8-12,15H,3-7,13-14H2,1-2H3,(H,22,27)(H,23,24,26). The summed E-state index contributed by atoms with van der Waals surface area (Å²) < 4.78 is 15.3. The summed E-state index contributed by atoms with van der Waals surface area (Å²) in [6.45, 7) is 0.421. The average molecular weight is 416 g/mol. The van der Waals surface area contributed by atoms with Crippen LogP contribution in [0, 0.1) is 5.92 Å². The van der Waals surface area contributed by atoms with Gasteiger partial charge in [-0.1, -0.05) is 24.4 Å². The first-order valence-corrected chi connectivity index (χ1v) is 10.1. The van der Waals surface area contributed by atoms with Gasteiger partial charge in [-0.2, -0.15) is 0 Å². The molecule has 1 aromatic heterocycles. The van der Waals surface area contributed by atoms with E-state index >= 15 is 0 Å². The number of anilines is 2. The zero-order valence-corrected chi connectivity index (χ0v) is 17.3. The summed E-state index contributed by atoms with van der Waals surface area (Å²) in [5, 5.41) is 9.17. The van der Waals surface area contributed by atoms with Gasteiger partial charge in [-0.25, -0.2) is 4.79 Å². The Morgan fingerprint density at radius 2 is 1.93 bits per heavy atom. The second-order valence-electron chi connectivity index (χ2n) is 7.31. The number of nitrogens with one attached hydrogen (secondary N) is 2. The van der Waals surface area contributed by atoms with Gasteiger partial charge in [0.1, 0.15) is 24.3 Å². The number of carbonyl (C=O) groups excluding carboxylic acids is 2. The molecule has 0 spiro atoms. The summed E-state index contributed by atoms with van der Waals surface area (Å²) in [6, 6.07) is 6.33. The van der Waals surface area contributed by atoms with Crippen molar-refractivity contribution in [3.63, 3.8) is 0 Å². The van der Waals surface area contributed by atoms with Crippen molar-refractivity contribution in [1.29, 1.82) is 0 Å². The van der Waals surface area contributed by atoms with E-state index in [1.54, 1.807) is 31.4 Å². The Bertz CT molecular complexity index is 834. The van der Waals surface area contributed by atoms with Crippen molar-refractivity contribution < 1.29 is 23.6 Å². The van der Waals surface area contributed by atoms with Crippen LogP contribution < -0.4 is 20.1 Å². The molecule has 30 heavy (non-hydrogen) atoms. The lowest BCUT2D eigenvalue weighted by Gasteiger charge is -2.29. The molecule has 1 aromatic carbocycles. The van der Waals surface area contributed by atoms with Gasteiger partial charge in [0.15, 0.2) is 5.82 Å². The highest BCUT2D eigenvalue weighted by atomic mass is 16.5. The number of urea groups is 1. The monoisotopic (exact) mass is 416 g/mol. The molecule has 3 rings (SSSR count). The van der Waals surface area contributed by atoms with E-state index in [-0.39, 0.29) is 18.5 Å². The number of carbonyl (C=O) groups is 2. The van der Waals surface area contributed by atoms with Crippen molar-refractivity contribution in [2.24, 2.45) is 5.92 Å². The SMILES string of the molecule is COc1ccc(NC(=O)N(CC(=O)Nc2ccon2)CC2CCCCC2)c(OC)c1. The maximum absolute atomic E-state index is 13.1. The predicted octanol–water partition coefficient (Wildman–Crippen LogP) is 3.74. The van der Waals surface area contributed by atoms with Crippen LogP contribution >= 0.6 is 0 Å². The van der Waals surface area contributed by atoms with E-state index in [1.807, 2.05) is 0 Å². The van der Waals surface area contributed by atoms with Gasteiger partial charge in [-0.3, -0.25) is 4.79 Å². The van der Waals surface area contributed by atoms with Crippen LogP contribution in [0.2, 0.25) is 0 Å². The minimum atomic E-state index is -0.362. The Hall–Kier alpha value is -3.23. The normalized spacial score (nSPS) is 14.1. The first-order valence-electron chi connectivity index (χ1n) is 10.1. The van der Waals surface area contributed by atoms with Gasteiger partial charge in [0, 0.05) is 18.7 Å². The molecule has 2 N–H and O–H groups in total. The number of nitrogens with zero attached hydrogens (tertiary/aromatic N) is 2. The zero-order chi connectivity index (χ0) is 21.3. The lowest BCUT2D eigenvalue weighted by Crippen LogP contribution is -2.43. The van der Waals surface area contributed by atoms with Crippen molar-refractivity contribution in [1.82, 2.24) is 10.1 Å². The van der Waals surface area contributed by atoms with Gasteiger partial charge in [0.25, 0.3) is 0 Å². The number of hydrogen-bond donors (Lipinski definition) is 2. The maximum atomic E-state index is 13.1. The first-order chi connectivity index (χ1) is 14.6. The fraction of sp³-hybridized carbons (Fsp3) is 0.476. The molecule has 9 heteroatoms. The van der Waals surface area contributed by atoms with Crippen LogP contribution in [-0.2, 0) is 4.79 Å². The highest BCUT2D eigenvalue weighted by molar-refractivity contribution is 5.97. The van der Waals surface area contributed by atoms with Gasteiger partial charge in [0.05, 0.1) is 19.9 Å². The van der Waals surface area contributed by atoms with E-state index in [0.717, 1.165) is 25.7 Å². The molecule has 9 nitrogen and oxygen atoms in total. The van der Waals surface area contributed by atoms with E-state index in [4.69, 9.17) is 14.0 Å². The molecule has 162 valence electrons. The van der Waals surface area contributed by atoms with Crippen LogP contribution in [0.4, 0.5) is 16.3 Å². The first kappa shape index (κ1) is 21.5. The van der Waals surface area contributed by atoms with Crippen molar-refractivity contribution in [3.05, 3.63) is 30.5 Å². The summed E-state index contributed by atoms with van der Waals surface area (Å²) in [5.41, 5.74) is 0.508. The second kappa shape index (κ2) is 10.5. The number of rotatable bonds is 8. The summed E-state index contributed by atoms with van der Waals surface area (Å²) in [6.07, 6.45) is 7.01. The van der Waals surface area contributed by atoms with E-state index in [1.165, 1.54) is 24.7 Å². The lowest BCUT2D eigenvalue weighted by atomic mass is 9.89. The number of methoxy groups -OCH3 is 2. The zero-order valence-electron chi connectivity index (χ0n) is 17.3. The minimum Gasteiger partial charge on any atom is -0.497 e. The number of ether oxygens (including phenoxy) is 2. The number of benzene rings is 1. The molecule has 1 aliphatic rings. The Balaban J connectivity index is 1.70. The van der Waals surface area contributed by atoms with E-state index < -0.39 is 0 Å². The van der Waals surface area contributed by atoms with Crippen LogP contribution in [0.5, 0.6) is 11.5 Å². The summed E-state index contributed by atoms with van der Waals surface area (Å²) in [5.74, 6) is 1.46. The molecule has 1 aliphatic carbocycles. The van der Waals surface area contributed by atoms with Crippen molar-refractivity contribution in [2.45, 2.75) is 32.1 Å². The van der Waals surface area contributed by atoms with Gasteiger partial charge in [-0.15, -0.1) is 0 Å². The molecule has 1 heterocycles. The van der Waals surface area contributed by atoms with E-state index in [9.17, 15) is 9.59 Å². The van der Waals surface area contributed by atoms with Crippen LogP contribution in [0.1, 0.15) is 32.1 Å². The second-order valence-corrected chi connectivity index (χ2v) is 7.31. The lowest BCUT2D eigenvalue weighted by molar-refractivity contribution is -0.116. The van der Waals surface area contributed by atoms with Crippen LogP contribution in [0.3, 0.4) is 0 Å². The largest absolute Gasteiger partial charge is 0.497 e. The van der Waals surface area contributed by atoms with Gasteiger partial charge >= 0.3 is 6.03 Å². The topological polar surface area (TPSA) is 106 Å². The summed E-state index contributed by atoms with van der Waals surface area (Å²) in [4.78, 5) is 27.1. The van der Waals surface area contributed by atoms with Crippen molar-refractivity contribution >= 4 is 23.4 Å². The number of hydrogen-bond acceptors (Lipinski definition) is 6. The summed E-state index contributed by atoms with van der Waals surface area (Å²) >= 11 is 0. The molecule has 0 unspecified atom stereocenters. The Morgan fingerprint density at radius 1 is 1.13 bits per heavy atom. The Morgan fingerprint density at radius 3 is 2.60 bits per heavy atom. The molecule has 3 amide bonds. The van der Waals surface area contributed by atoms with Gasteiger partial charge in [0.2, 0.25) is 5.91 Å². The number of aromatic nitrogens is 1. The molecule has 2 aromatic rings. The highest BCUT2D eigenvalue weighted by Crippen LogP contribution is 2.30. The highest BCUT2D eigenvalue weighted by Gasteiger charge is 2.24. The third-order valence-electron chi connectivity index (χ3n) is 5.18. The quantitative estimate of drug-likeness (QED) is 0.679. The van der Waals surface area contributed by atoms with Crippen molar-refractivity contribution in [3.8, 4) is 11.5 Å². The van der Waals surface area contributed by atoms with Crippen LogP contribution in [0.25, 0.3) is 0 Å². The van der Waals surface area contributed by atoms with Gasteiger partial charge < -0.3 is 29.5 Å². The van der Waals surface area contributed by atoms with E-state index in [2.05, 4.69) is 15.8 Å². The average Bonchev–Trinajstić information content (AvgIpc) is 3.27. The van der Waals surface area contributed by atoms with Crippen LogP contribution in [0.15, 0.2) is 35.1 Å². The molecule has 0 atom stereocenters. The van der Waals surface area contributed by atoms with Crippen LogP contribution in [-0.4, -0.2) is 49.3 Å². The smallest absolute Gasteiger partial charge is 0.322 e. The molecule has 1 fully saturated rings.